The Morgan fingerprint density at radius 2 is 1.96 bits per heavy atom. The normalized spacial score (nSPS) is 14.9. The topological polar surface area (TPSA) is 95.6 Å². The number of carbonyl (C=O) groups excluding carboxylic acids is 2. The Morgan fingerprint density at radius 1 is 1.29 bits per heavy atom. The molecule has 0 radical (unpaired) electrons. The van der Waals surface area contributed by atoms with E-state index in [4.69, 9.17) is 4.74 Å². The fraction of sp³-hybridized carbons (Fsp3) is 0.467. The predicted octanol–water partition coefficient (Wildman–Crippen LogP) is 1.21. The monoisotopic (exact) mass is 350 g/mol. The highest BCUT2D eigenvalue weighted by atomic mass is 32.1. The second-order valence-corrected chi connectivity index (χ2v) is 6.45. The zero-order chi connectivity index (χ0) is 17.3. The largest absolute Gasteiger partial charge is 0.450 e. The molecule has 1 saturated heterocycles. The first-order valence-corrected chi connectivity index (χ1v) is 8.52. The molecule has 1 N–H and O–H groups in total. The van der Waals surface area contributed by atoms with Crippen LogP contribution < -0.4 is 5.56 Å². The molecule has 0 aliphatic carbocycles. The number of aromatic nitrogens is 2. The second-order valence-electron chi connectivity index (χ2n) is 5.45. The molecule has 2 aromatic rings. The number of H-pyrrole nitrogens is 1. The third kappa shape index (κ3) is 2.86. The third-order valence-electron chi connectivity index (χ3n) is 4.02. The van der Waals surface area contributed by atoms with Crippen LogP contribution in [0.25, 0.3) is 10.2 Å². The van der Waals surface area contributed by atoms with E-state index in [2.05, 4.69) is 9.97 Å². The number of aryl methyl sites for hydroxylation is 1. The summed E-state index contributed by atoms with van der Waals surface area (Å²) >= 11 is 1.23. The van der Waals surface area contributed by atoms with Gasteiger partial charge in [-0.1, -0.05) is 0 Å². The third-order valence-corrected chi connectivity index (χ3v) is 5.21. The molecule has 0 atom stereocenters. The van der Waals surface area contributed by atoms with E-state index >= 15 is 0 Å². The van der Waals surface area contributed by atoms with Crippen LogP contribution in [-0.4, -0.2) is 64.6 Å². The molecule has 1 aliphatic heterocycles. The first kappa shape index (κ1) is 16.4. The van der Waals surface area contributed by atoms with Crippen molar-refractivity contribution in [3.8, 4) is 0 Å². The number of carbonyl (C=O) groups is 2. The molecule has 128 valence electrons. The van der Waals surface area contributed by atoms with Gasteiger partial charge in [-0.05, 0) is 19.4 Å². The van der Waals surface area contributed by atoms with Gasteiger partial charge < -0.3 is 19.5 Å². The summed E-state index contributed by atoms with van der Waals surface area (Å²) < 4.78 is 4.97. The molecule has 24 heavy (non-hydrogen) atoms. The molecule has 0 unspecified atom stereocenters. The summed E-state index contributed by atoms with van der Waals surface area (Å²) in [7, 11) is 0. The molecule has 3 rings (SSSR count). The van der Waals surface area contributed by atoms with Gasteiger partial charge in [0.05, 0.1) is 23.2 Å². The minimum atomic E-state index is -0.349. The zero-order valence-electron chi connectivity index (χ0n) is 13.5. The number of nitrogens with zero attached hydrogens (tertiary/aromatic N) is 3. The summed E-state index contributed by atoms with van der Waals surface area (Å²) in [5.74, 6) is -0.126. The van der Waals surface area contributed by atoms with Gasteiger partial charge in [0.2, 0.25) is 0 Å². The molecule has 0 spiro atoms. The molecule has 1 fully saturated rings. The van der Waals surface area contributed by atoms with Crippen LogP contribution in [0.2, 0.25) is 0 Å². The summed E-state index contributed by atoms with van der Waals surface area (Å²) in [4.78, 5) is 47.4. The van der Waals surface area contributed by atoms with E-state index in [1.54, 1.807) is 23.6 Å². The van der Waals surface area contributed by atoms with Crippen LogP contribution in [-0.2, 0) is 4.74 Å². The maximum Gasteiger partial charge on any atom is 0.409 e. The minimum absolute atomic E-state index is 0.126. The van der Waals surface area contributed by atoms with Crippen molar-refractivity contribution in [2.45, 2.75) is 13.8 Å². The highest BCUT2D eigenvalue weighted by Gasteiger charge is 2.28. The maximum atomic E-state index is 12.8. The van der Waals surface area contributed by atoms with Crippen molar-refractivity contribution < 1.29 is 14.3 Å². The molecule has 8 nitrogen and oxygen atoms in total. The molecule has 2 aromatic heterocycles. The number of hydrogen-bond acceptors (Lipinski definition) is 6. The second kappa shape index (κ2) is 6.60. The Bertz CT molecular complexity index is 836. The molecule has 3 heterocycles. The lowest BCUT2D eigenvalue weighted by Gasteiger charge is -2.33. The molecule has 0 bridgehead atoms. The van der Waals surface area contributed by atoms with Crippen molar-refractivity contribution in [1.82, 2.24) is 19.8 Å². The summed E-state index contributed by atoms with van der Waals surface area (Å²) in [6.07, 6.45) is 0.992. The van der Waals surface area contributed by atoms with Crippen LogP contribution in [0.1, 0.15) is 22.2 Å². The Labute approximate surface area is 142 Å². The molecule has 0 aromatic carbocycles. The number of hydrogen-bond donors (Lipinski definition) is 1. The fourth-order valence-electron chi connectivity index (χ4n) is 2.73. The molecule has 1 aliphatic rings. The average Bonchev–Trinajstić information content (AvgIpc) is 2.93. The van der Waals surface area contributed by atoms with Crippen molar-refractivity contribution in [2.24, 2.45) is 0 Å². The first-order valence-electron chi connectivity index (χ1n) is 7.70. The van der Waals surface area contributed by atoms with E-state index in [1.807, 2.05) is 0 Å². The number of fused-ring (bicyclic) bond motifs is 1. The first-order chi connectivity index (χ1) is 11.5. The van der Waals surface area contributed by atoms with Gasteiger partial charge >= 0.3 is 6.09 Å². The summed E-state index contributed by atoms with van der Waals surface area (Å²) in [5.41, 5.74) is 0.419. The van der Waals surface area contributed by atoms with Gasteiger partial charge in [-0.2, -0.15) is 0 Å². The number of amides is 2. The molecule has 2 amide bonds. The van der Waals surface area contributed by atoms with Crippen LogP contribution in [0.15, 0.2) is 11.1 Å². The number of rotatable bonds is 2. The zero-order valence-corrected chi connectivity index (χ0v) is 14.3. The van der Waals surface area contributed by atoms with Gasteiger partial charge in [-0.25, -0.2) is 9.78 Å². The average molecular weight is 350 g/mol. The molecule has 9 heteroatoms. The number of ether oxygens (including phenoxy) is 1. The summed E-state index contributed by atoms with van der Waals surface area (Å²) in [6.45, 7) is 5.61. The quantitative estimate of drug-likeness (QED) is 0.878. The van der Waals surface area contributed by atoms with Gasteiger partial charge in [0, 0.05) is 26.2 Å². The highest BCUT2D eigenvalue weighted by Crippen LogP contribution is 2.28. The van der Waals surface area contributed by atoms with E-state index < -0.39 is 0 Å². The van der Waals surface area contributed by atoms with Crippen LogP contribution in [0.3, 0.4) is 0 Å². The summed E-state index contributed by atoms with van der Waals surface area (Å²) in [5, 5.41) is 0.469. The van der Waals surface area contributed by atoms with Crippen molar-refractivity contribution in [2.75, 3.05) is 32.8 Å². The van der Waals surface area contributed by atoms with E-state index in [1.165, 1.54) is 17.7 Å². The van der Waals surface area contributed by atoms with Crippen LogP contribution >= 0.6 is 11.3 Å². The number of aromatic amines is 1. The number of piperazine rings is 1. The smallest absolute Gasteiger partial charge is 0.409 e. The number of nitrogens with one attached hydrogen (secondary N) is 1. The number of thiophene rings is 1. The van der Waals surface area contributed by atoms with E-state index in [0.29, 0.717) is 53.4 Å². The lowest BCUT2D eigenvalue weighted by Crippen LogP contribution is -2.50. The summed E-state index contributed by atoms with van der Waals surface area (Å²) in [6, 6.07) is 0. The molecular weight excluding hydrogens is 332 g/mol. The maximum absolute atomic E-state index is 12.8. The van der Waals surface area contributed by atoms with Crippen LogP contribution in [0.4, 0.5) is 4.79 Å². The Balaban J connectivity index is 1.77. The van der Waals surface area contributed by atoms with E-state index in [9.17, 15) is 14.4 Å². The van der Waals surface area contributed by atoms with E-state index in [0.717, 1.165) is 0 Å². The standard InChI is InChI=1S/C15H18N4O4S/c1-3-23-15(22)19-6-4-18(5-7-19)14(21)11-9(2)10-12(20)16-8-17-13(10)24-11/h8H,3-7H2,1-2H3,(H,16,17,20). The van der Waals surface area contributed by atoms with Crippen LogP contribution in [0, 0.1) is 6.92 Å². The molecule has 0 saturated carbocycles. The predicted molar refractivity (Wildman–Crippen MR) is 89.5 cm³/mol. The van der Waals surface area contributed by atoms with Crippen molar-refractivity contribution in [3.05, 3.63) is 27.1 Å². The Kier molecular flexibility index (Phi) is 4.52. The van der Waals surface area contributed by atoms with Crippen molar-refractivity contribution in [1.29, 1.82) is 0 Å². The van der Waals surface area contributed by atoms with E-state index in [-0.39, 0.29) is 17.6 Å². The SMILES string of the molecule is CCOC(=O)N1CCN(C(=O)c2sc3nc[nH]c(=O)c3c2C)CC1. The van der Waals surface area contributed by atoms with Gasteiger partial charge in [-0.3, -0.25) is 9.59 Å². The van der Waals surface area contributed by atoms with Gasteiger partial charge in [0.25, 0.3) is 11.5 Å². The van der Waals surface area contributed by atoms with Crippen LogP contribution in [0.5, 0.6) is 0 Å². The Morgan fingerprint density at radius 3 is 2.58 bits per heavy atom. The lowest BCUT2D eigenvalue weighted by atomic mass is 10.2. The van der Waals surface area contributed by atoms with Crippen molar-refractivity contribution in [3.63, 3.8) is 0 Å². The van der Waals surface area contributed by atoms with Gasteiger partial charge in [0.15, 0.2) is 0 Å². The van der Waals surface area contributed by atoms with Gasteiger partial charge in [0.1, 0.15) is 4.83 Å². The van der Waals surface area contributed by atoms with Gasteiger partial charge in [-0.15, -0.1) is 11.3 Å². The molecular formula is C15H18N4O4S. The fourth-order valence-corrected chi connectivity index (χ4v) is 3.85. The highest BCUT2D eigenvalue weighted by molar-refractivity contribution is 7.20. The van der Waals surface area contributed by atoms with Crippen molar-refractivity contribution >= 4 is 33.6 Å². The lowest BCUT2D eigenvalue weighted by molar-refractivity contribution is 0.0574. The minimum Gasteiger partial charge on any atom is -0.450 e. The Hall–Kier alpha value is -2.42.